The summed E-state index contributed by atoms with van der Waals surface area (Å²) in [6.07, 6.45) is 6.43. The summed E-state index contributed by atoms with van der Waals surface area (Å²) in [5.41, 5.74) is 3.33. The zero-order valence-electron chi connectivity index (χ0n) is 8.92. The van der Waals surface area contributed by atoms with Gasteiger partial charge in [-0.25, -0.2) is 0 Å². The van der Waals surface area contributed by atoms with Crippen molar-refractivity contribution in [1.29, 1.82) is 0 Å². The fourth-order valence-corrected chi connectivity index (χ4v) is 1.96. The number of aromatic nitrogens is 1. The standard InChI is InChI=1S/C11H18N2S/c1-3-12-6-4-5-10(2)7-11-8-13-9-14-11/h5,8-9,12H,3-4,6-7H2,1-2H3/b10-5-. The Hall–Kier alpha value is -0.670. The van der Waals surface area contributed by atoms with Crippen LogP contribution in [-0.2, 0) is 6.42 Å². The number of hydrogen-bond donors (Lipinski definition) is 1. The lowest BCUT2D eigenvalue weighted by atomic mass is 10.1. The Labute approximate surface area is 90.1 Å². The molecule has 0 bridgehead atoms. The Balaban J connectivity index is 2.23. The van der Waals surface area contributed by atoms with Crippen LogP contribution < -0.4 is 5.32 Å². The molecule has 0 saturated heterocycles. The molecular weight excluding hydrogens is 192 g/mol. The number of hydrogen-bond acceptors (Lipinski definition) is 3. The molecule has 78 valence electrons. The highest BCUT2D eigenvalue weighted by Gasteiger charge is 1.95. The number of rotatable bonds is 6. The third-order valence-electron chi connectivity index (χ3n) is 2.00. The van der Waals surface area contributed by atoms with Crippen molar-refractivity contribution in [2.75, 3.05) is 13.1 Å². The van der Waals surface area contributed by atoms with E-state index in [9.17, 15) is 0 Å². The Kier molecular flexibility index (Phi) is 5.49. The molecule has 0 amide bonds. The molecule has 0 unspecified atom stereocenters. The molecule has 3 heteroatoms. The van der Waals surface area contributed by atoms with Crippen molar-refractivity contribution in [2.45, 2.75) is 26.7 Å². The molecule has 0 saturated carbocycles. The molecule has 0 aliphatic heterocycles. The molecule has 1 N–H and O–H groups in total. The van der Waals surface area contributed by atoms with E-state index in [0.717, 1.165) is 25.9 Å². The van der Waals surface area contributed by atoms with Gasteiger partial charge < -0.3 is 5.32 Å². The van der Waals surface area contributed by atoms with Crippen LogP contribution in [0.5, 0.6) is 0 Å². The Morgan fingerprint density at radius 3 is 3.14 bits per heavy atom. The van der Waals surface area contributed by atoms with E-state index in [4.69, 9.17) is 0 Å². The van der Waals surface area contributed by atoms with Crippen LogP contribution in [0.3, 0.4) is 0 Å². The van der Waals surface area contributed by atoms with E-state index in [0.29, 0.717) is 0 Å². The van der Waals surface area contributed by atoms with E-state index in [2.05, 4.69) is 30.2 Å². The summed E-state index contributed by atoms with van der Waals surface area (Å²) in [4.78, 5) is 5.41. The molecule has 0 aliphatic rings. The van der Waals surface area contributed by atoms with Crippen molar-refractivity contribution in [3.05, 3.63) is 28.2 Å². The monoisotopic (exact) mass is 210 g/mol. The van der Waals surface area contributed by atoms with Crippen LogP contribution in [0.2, 0.25) is 0 Å². The SMILES string of the molecule is CCNCC/C=C(/C)Cc1cncs1. The first-order valence-corrected chi connectivity index (χ1v) is 5.94. The van der Waals surface area contributed by atoms with E-state index >= 15 is 0 Å². The average Bonchev–Trinajstić information content (AvgIpc) is 2.65. The van der Waals surface area contributed by atoms with Crippen LogP contribution in [0.1, 0.15) is 25.1 Å². The van der Waals surface area contributed by atoms with Gasteiger partial charge in [0.25, 0.3) is 0 Å². The van der Waals surface area contributed by atoms with Gasteiger partial charge in [0.1, 0.15) is 0 Å². The highest BCUT2D eigenvalue weighted by Crippen LogP contribution is 2.11. The van der Waals surface area contributed by atoms with Gasteiger partial charge in [-0.1, -0.05) is 18.6 Å². The second-order valence-electron chi connectivity index (χ2n) is 3.34. The molecule has 0 atom stereocenters. The number of nitrogens with one attached hydrogen (secondary N) is 1. The lowest BCUT2D eigenvalue weighted by Crippen LogP contribution is -2.13. The molecule has 1 rings (SSSR count). The quantitative estimate of drug-likeness (QED) is 0.577. The second kappa shape index (κ2) is 6.74. The first-order valence-electron chi connectivity index (χ1n) is 5.06. The van der Waals surface area contributed by atoms with E-state index in [1.165, 1.54) is 10.5 Å². The molecule has 2 nitrogen and oxygen atoms in total. The molecule has 0 aliphatic carbocycles. The number of thiazole rings is 1. The van der Waals surface area contributed by atoms with Crippen molar-refractivity contribution < 1.29 is 0 Å². The molecule has 1 aromatic heterocycles. The van der Waals surface area contributed by atoms with Gasteiger partial charge in [0.15, 0.2) is 0 Å². The minimum atomic E-state index is 1.05. The second-order valence-corrected chi connectivity index (χ2v) is 4.31. The summed E-state index contributed by atoms with van der Waals surface area (Å²) in [5.74, 6) is 0. The third kappa shape index (κ3) is 4.53. The molecule has 14 heavy (non-hydrogen) atoms. The summed E-state index contributed by atoms with van der Waals surface area (Å²) in [6, 6.07) is 0. The molecular formula is C11H18N2S. The minimum Gasteiger partial charge on any atom is -0.317 e. The zero-order chi connectivity index (χ0) is 10.2. The van der Waals surface area contributed by atoms with Gasteiger partial charge in [-0.3, -0.25) is 4.98 Å². The molecule has 0 spiro atoms. The summed E-state index contributed by atoms with van der Waals surface area (Å²) >= 11 is 1.73. The van der Waals surface area contributed by atoms with Crippen molar-refractivity contribution in [2.24, 2.45) is 0 Å². The highest BCUT2D eigenvalue weighted by molar-refractivity contribution is 7.09. The molecule has 0 fully saturated rings. The fraction of sp³-hybridized carbons (Fsp3) is 0.545. The average molecular weight is 210 g/mol. The van der Waals surface area contributed by atoms with Crippen LogP contribution in [0, 0.1) is 0 Å². The topological polar surface area (TPSA) is 24.9 Å². The van der Waals surface area contributed by atoms with Crippen molar-refractivity contribution in [3.8, 4) is 0 Å². The van der Waals surface area contributed by atoms with Gasteiger partial charge in [0.2, 0.25) is 0 Å². The first-order chi connectivity index (χ1) is 6.83. The van der Waals surface area contributed by atoms with Crippen molar-refractivity contribution in [1.82, 2.24) is 10.3 Å². The number of nitrogens with zero attached hydrogens (tertiary/aromatic N) is 1. The van der Waals surface area contributed by atoms with Crippen LogP contribution in [0.25, 0.3) is 0 Å². The minimum absolute atomic E-state index is 1.05. The summed E-state index contributed by atoms with van der Waals surface area (Å²) in [7, 11) is 0. The maximum atomic E-state index is 4.06. The molecule has 1 heterocycles. The summed E-state index contributed by atoms with van der Waals surface area (Å²) < 4.78 is 0. The largest absolute Gasteiger partial charge is 0.317 e. The predicted molar refractivity (Wildman–Crippen MR) is 62.7 cm³/mol. The Morgan fingerprint density at radius 1 is 1.64 bits per heavy atom. The van der Waals surface area contributed by atoms with Crippen LogP contribution in [0.15, 0.2) is 23.4 Å². The molecule has 0 aromatic carbocycles. The highest BCUT2D eigenvalue weighted by atomic mass is 32.1. The van der Waals surface area contributed by atoms with Gasteiger partial charge in [-0.15, -0.1) is 11.3 Å². The summed E-state index contributed by atoms with van der Waals surface area (Å²) in [5, 5.41) is 3.31. The van der Waals surface area contributed by atoms with Crippen LogP contribution >= 0.6 is 11.3 Å². The van der Waals surface area contributed by atoms with E-state index < -0.39 is 0 Å². The third-order valence-corrected chi connectivity index (χ3v) is 2.78. The Bertz CT molecular complexity index is 265. The lowest BCUT2D eigenvalue weighted by Gasteiger charge is -1.99. The molecule has 1 aromatic rings. The van der Waals surface area contributed by atoms with E-state index in [-0.39, 0.29) is 0 Å². The van der Waals surface area contributed by atoms with Crippen LogP contribution in [-0.4, -0.2) is 18.1 Å². The first kappa shape index (κ1) is 11.4. The zero-order valence-corrected chi connectivity index (χ0v) is 9.73. The van der Waals surface area contributed by atoms with Gasteiger partial charge in [-0.2, -0.15) is 0 Å². The van der Waals surface area contributed by atoms with Gasteiger partial charge >= 0.3 is 0 Å². The van der Waals surface area contributed by atoms with E-state index in [1.54, 1.807) is 11.3 Å². The Morgan fingerprint density at radius 2 is 2.50 bits per heavy atom. The van der Waals surface area contributed by atoms with Gasteiger partial charge in [0, 0.05) is 17.5 Å². The predicted octanol–water partition coefficient (Wildman–Crippen LogP) is 2.63. The van der Waals surface area contributed by atoms with Gasteiger partial charge in [-0.05, 0) is 26.4 Å². The number of allylic oxidation sites excluding steroid dienone is 1. The van der Waals surface area contributed by atoms with Crippen molar-refractivity contribution >= 4 is 11.3 Å². The fourth-order valence-electron chi connectivity index (χ4n) is 1.27. The van der Waals surface area contributed by atoms with Gasteiger partial charge in [0.05, 0.1) is 5.51 Å². The maximum absolute atomic E-state index is 4.06. The summed E-state index contributed by atoms with van der Waals surface area (Å²) in [6.45, 7) is 6.46. The lowest BCUT2D eigenvalue weighted by molar-refractivity contribution is 0.724. The smallest absolute Gasteiger partial charge is 0.0794 e. The molecule has 0 radical (unpaired) electrons. The maximum Gasteiger partial charge on any atom is 0.0794 e. The van der Waals surface area contributed by atoms with Crippen LogP contribution in [0.4, 0.5) is 0 Å². The van der Waals surface area contributed by atoms with Crippen molar-refractivity contribution in [3.63, 3.8) is 0 Å². The normalized spacial score (nSPS) is 12.0. The van der Waals surface area contributed by atoms with E-state index in [1.807, 2.05) is 11.7 Å².